The zero-order valence-corrected chi connectivity index (χ0v) is 6.26. The van der Waals surface area contributed by atoms with Crippen LogP contribution in [0.3, 0.4) is 0 Å². The molecule has 0 aromatic carbocycles. The van der Waals surface area contributed by atoms with Crippen LogP contribution in [-0.2, 0) is 0 Å². The molecule has 1 aliphatic rings. The fourth-order valence-electron chi connectivity index (χ4n) is 1.01. The largest absolute Gasteiger partial charge is 0.361 e. The van der Waals surface area contributed by atoms with Gasteiger partial charge in [-0.15, -0.1) is 0 Å². The summed E-state index contributed by atoms with van der Waals surface area (Å²) in [4.78, 5) is 7.35. The van der Waals surface area contributed by atoms with Gasteiger partial charge in [0.2, 0.25) is 0 Å². The van der Waals surface area contributed by atoms with Crippen LogP contribution in [0.25, 0.3) is 4.85 Å². The highest BCUT2D eigenvalue weighted by Crippen LogP contribution is 2.16. The van der Waals surface area contributed by atoms with Crippen LogP contribution in [0.15, 0.2) is 16.6 Å². The number of nitrogens with zero attached hydrogens (tertiary/aromatic N) is 2. The van der Waals surface area contributed by atoms with Gasteiger partial charge in [-0.05, 0) is 17.6 Å². The van der Waals surface area contributed by atoms with Crippen LogP contribution >= 0.6 is 0 Å². The molecule has 0 saturated heterocycles. The Kier molecular flexibility index (Phi) is 1.86. The molecule has 0 atom stereocenters. The fraction of sp³-hybridized carbons (Fsp3) is 0.500. The molecule has 0 fully saturated rings. The van der Waals surface area contributed by atoms with Gasteiger partial charge < -0.3 is 4.85 Å². The SMILES string of the molecule is [C-]#[N+]C1=NCC=C1C(C)C. The number of hydrogen-bond donors (Lipinski definition) is 0. The molecule has 1 aliphatic heterocycles. The van der Waals surface area contributed by atoms with Crippen molar-refractivity contribution in [2.75, 3.05) is 6.54 Å². The lowest BCUT2D eigenvalue weighted by atomic mass is 10.0. The van der Waals surface area contributed by atoms with Crippen molar-refractivity contribution < 1.29 is 0 Å². The Labute approximate surface area is 61.1 Å². The van der Waals surface area contributed by atoms with Crippen LogP contribution in [0.2, 0.25) is 0 Å². The third kappa shape index (κ3) is 1.08. The molecule has 10 heavy (non-hydrogen) atoms. The second-order valence-corrected chi connectivity index (χ2v) is 2.59. The normalized spacial score (nSPS) is 16.6. The van der Waals surface area contributed by atoms with E-state index in [1.54, 1.807) is 0 Å². The van der Waals surface area contributed by atoms with Crippen LogP contribution in [0.5, 0.6) is 0 Å². The number of hydrogen-bond acceptors (Lipinski definition) is 1. The van der Waals surface area contributed by atoms with Crippen molar-refractivity contribution in [3.63, 3.8) is 0 Å². The molecule has 52 valence electrons. The minimum absolute atomic E-state index is 0.440. The molecular weight excluding hydrogens is 124 g/mol. The van der Waals surface area contributed by atoms with Crippen molar-refractivity contribution in [3.05, 3.63) is 23.1 Å². The van der Waals surface area contributed by atoms with E-state index in [0.29, 0.717) is 18.3 Å². The van der Waals surface area contributed by atoms with E-state index in [2.05, 4.69) is 23.7 Å². The molecule has 1 rings (SSSR count). The first kappa shape index (κ1) is 7.01. The Morgan fingerprint density at radius 3 is 2.80 bits per heavy atom. The van der Waals surface area contributed by atoms with Gasteiger partial charge in [-0.1, -0.05) is 20.4 Å². The quantitative estimate of drug-likeness (QED) is 0.487. The second-order valence-electron chi connectivity index (χ2n) is 2.59. The Bertz CT molecular complexity index is 228. The van der Waals surface area contributed by atoms with Crippen molar-refractivity contribution >= 4 is 5.84 Å². The van der Waals surface area contributed by atoms with Crippen molar-refractivity contribution in [2.45, 2.75) is 13.8 Å². The molecule has 2 nitrogen and oxygen atoms in total. The van der Waals surface area contributed by atoms with Gasteiger partial charge in [0.15, 0.2) is 0 Å². The van der Waals surface area contributed by atoms with Gasteiger partial charge in [-0.25, -0.2) is 0 Å². The van der Waals surface area contributed by atoms with Gasteiger partial charge in [-0.3, -0.25) is 0 Å². The summed E-state index contributed by atoms with van der Waals surface area (Å²) in [6, 6.07) is 0. The minimum Gasteiger partial charge on any atom is -0.361 e. The lowest BCUT2D eigenvalue weighted by Crippen LogP contribution is -2.00. The molecule has 0 aliphatic carbocycles. The molecular formula is C8H10N2. The third-order valence-corrected chi connectivity index (χ3v) is 1.54. The predicted molar refractivity (Wildman–Crippen MR) is 41.8 cm³/mol. The summed E-state index contributed by atoms with van der Waals surface area (Å²) < 4.78 is 0. The van der Waals surface area contributed by atoms with Gasteiger partial charge in [0, 0.05) is 0 Å². The van der Waals surface area contributed by atoms with Crippen molar-refractivity contribution in [2.24, 2.45) is 10.9 Å². The summed E-state index contributed by atoms with van der Waals surface area (Å²) >= 11 is 0. The third-order valence-electron chi connectivity index (χ3n) is 1.54. The zero-order valence-electron chi connectivity index (χ0n) is 6.26. The fourth-order valence-corrected chi connectivity index (χ4v) is 1.01. The molecule has 0 aromatic rings. The average molecular weight is 134 g/mol. The van der Waals surface area contributed by atoms with Crippen LogP contribution in [-0.4, -0.2) is 12.4 Å². The molecule has 0 aromatic heterocycles. The van der Waals surface area contributed by atoms with E-state index >= 15 is 0 Å². The van der Waals surface area contributed by atoms with Gasteiger partial charge in [-0.2, -0.15) is 4.99 Å². The first-order valence-corrected chi connectivity index (χ1v) is 3.38. The summed E-state index contributed by atoms with van der Waals surface area (Å²) in [6.45, 7) is 11.6. The average Bonchev–Trinajstić information content (AvgIpc) is 2.33. The maximum absolute atomic E-state index is 6.78. The van der Waals surface area contributed by atoms with Crippen LogP contribution in [0.1, 0.15) is 13.8 Å². The Morgan fingerprint density at radius 1 is 1.70 bits per heavy atom. The summed E-state index contributed by atoms with van der Waals surface area (Å²) in [5, 5.41) is 0. The molecule has 0 radical (unpaired) electrons. The van der Waals surface area contributed by atoms with Crippen LogP contribution in [0, 0.1) is 12.5 Å². The highest BCUT2D eigenvalue weighted by atomic mass is 14.9. The molecule has 0 N–H and O–H groups in total. The predicted octanol–water partition coefficient (Wildman–Crippen LogP) is 1.90. The standard InChI is InChI=1S/C8H10N2/c1-6(2)7-4-5-10-8(7)9-3/h4,6H,5H2,1-2H3. The van der Waals surface area contributed by atoms with Gasteiger partial charge in [0.1, 0.15) is 6.54 Å². The van der Waals surface area contributed by atoms with E-state index in [9.17, 15) is 0 Å². The molecule has 1 heterocycles. The summed E-state index contributed by atoms with van der Waals surface area (Å²) in [7, 11) is 0. The van der Waals surface area contributed by atoms with Crippen LogP contribution in [0.4, 0.5) is 0 Å². The number of aliphatic imine (C=N–C) groups is 1. The molecule has 0 unspecified atom stereocenters. The maximum Gasteiger partial charge on any atom is 0.267 e. The Hall–Kier alpha value is -1.10. The first-order chi connectivity index (χ1) is 4.75. The number of amidine groups is 1. The lowest BCUT2D eigenvalue weighted by molar-refractivity contribution is 0.805. The lowest BCUT2D eigenvalue weighted by Gasteiger charge is -2.03. The Balaban J connectivity index is 2.82. The molecule has 2 heteroatoms. The van der Waals surface area contributed by atoms with E-state index in [-0.39, 0.29) is 0 Å². The smallest absolute Gasteiger partial charge is 0.267 e. The first-order valence-electron chi connectivity index (χ1n) is 3.38. The minimum atomic E-state index is 0.440. The highest BCUT2D eigenvalue weighted by Gasteiger charge is 2.14. The van der Waals surface area contributed by atoms with Crippen molar-refractivity contribution in [1.82, 2.24) is 0 Å². The molecule has 0 amide bonds. The monoisotopic (exact) mass is 134 g/mol. The van der Waals surface area contributed by atoms with E-state index in [1.807, 2.05) is 6.08 Å². The molecule has 0 bridgehead atoms. The molecule has 0 saturated carbocycles. The van der Waals surface area contributed by atoms with E-state index in [4.69, 9.17) is 6.57 Å². The zero-order chi connectivity index (χ0) is 7.56. The van der Waals surface area contributed by atoms with Crippen LogP contribution < -0.4 is 0 Å². The van der Waals surface area contributed by atoms with Gasteiger partial charge >= 0.3 is 0 Å². The van der Waals surface area contributed by atoms with Gasteiger partial charge in [0.25, 0.3) is 5.84 Å². The van der Waals surface area contributed by atoms with E-state index < -0.39 is 0 Å². The summed E-state index contributed by atoms with van der Waals surface area (Å²) in [5.74, 6) is 1.05. The topological polar surface area (TPSA) is 16.7 Å². The second kappa shape index (κ2) is 2.66. The van der Waals surface area contributed by atoms with E-state index in [1.165, 1.54) is 0 Å². The van der Waals surface area contributed by atoms with Crippen molar-refractivity contribution in [1.29, 1.82) is 0 Å². The van der Waals surface area contributed by atoms with Crippen molar-refractivity contribution in [3.8, 4) is 0 Å². The van der Waals surface area contributed by atoms with Gasteiger partial charge in [0.05, 0.1) is 0 Å². The maximum atomic E-state index is 6.78. The highest BCUT2D eigenvalue weighted by molar-refractivity contribution is 6.07. The summed E-state index contributed by atoms with van der Waals surface area (Å²) in [5.41, 5.74) is 1.11. The Morgan fingerprint density at radius 2 is 2.40 bits per heavy atom. The van der Waals surface area contributed by atoms with E-state index in [0.717, 1.165) is 5.57 Å². The summed E-state index contributed by atoms with van der Waals surface area (Å²) in [6.07, 6.45) is 2.03. The number of rotatable bonds is 1. The molecule has 0 spiro atoms.